The number of halogens is 2. The fourth-order valence-electron chi connectivity index (χ4n) is 1.05. The van der Waals surface area contributed by atoms with Gasteiger partial charge in [-0.3, -0.25) is 4.99 Å². The largest absolute Gasteiger partial charge is 0.370 e. The van der Waals surface area contributed by atoms with Crippen molar-refractivity contribution >= 4 is 39.2 Å². The van der Waals surface area contributed by atoms with Crippen LogP contribution in [0.3, 0.4) is 0 Å². The third-order valence-electron chi connectivity index (χ3n) is 1.82. The van der Waals surface area contributed by atoms with Gasteiger partial charge in [-0.15, -0.1) is 0 Å². The topological polar surface area (TPSA) is 50.4 Å². The summed E-state index contributed by atoms with van der Waals surface area (Å²) in [6.07, 6.45) is 0. The normalized spacial score (nSPS) is 11.9. The summed E-state index contributed by atoms with van der Waals surface area (Å²) in [4.78, 5) is 4.21. The number of nitrogens with two attached hydrogens (primary N) is 1. The molecule has 0 aliphatic rings. The van der Waals surface area contributed by atoms with Crippen molar-refractivity contribution in [2.75, 3.05) is 11.9 Å². The van der Waals surface area contributed by atoms with Crippen LogP contribution < -0.4 is 11.1 Å². The Morgan fingerprint density at radius 1 is 1.56 bits per heavy atom. The fourth-order valence-corrected chi connectivity index (χ4v) is 1.83. The molecule has 1 rings (SSSR count). The van der Waals surface area contributed by atoms with Gasteiger partial charge in [0.25, 0.3) is 0 Å². The SMILES string of the molecule is CC(C)CN=C(N)Nc1ccc(Cl)cc1Br. The van der Waals surface area contributed by atoms with Crippen LogP contribution in [0, 0.1) is 5.92 Å². The van der Waals surface area contributed by atoms with Crippen LogP contribution in [0.2, 0.25) is 5.02 Å². The number of nitrogens with zero attached hydrogens (tertiary/aromatic N) is 1. The molecule has 3 nitrogen and oxygen atoms in total. The first-order valence-electron chi connectivity index (χ1n) is 5.01. The van der Waals surface area contributed by atoms with Gasteiger partial charge in [-0.05, 0) is 40.0 Å². The quantitative estimate of drug-likeness (QED) is 0.663. The van der Waals surface area contributed by atoms with Crippen molar-refractivity contribution < 1.29 is 0 Å². The standard InChI is InChI=1S/C11H15BrClN3/c1-7(2)6-15-11(14)16-10-4-3-8(13)5-9(10)12/h3-5,7H,6H2,1-2H3,(H3,14,15,16). The highest BCUT2D eigenvalue weighted by Crippen LogP contribution is 2.25. The zero-order valence-electron chi connectivity index (χ0n) is 9.30. The molecule has 0 heterocycles. The molecule has 0 amide bonds. The number of aliphatic imine (C=N–C) groups is 1. The van der Waals surface area contributed by atoms with Crippen LogP contribution in [0.4, 0.5) is 5.69 Å². The molecule has 0 aliphatic carbocycles. The Balaban J connectivity index is 2.69. The highest BCUT2D eigenvalue weighted by molar-refractivity contribution is 9.10. The van der Waals surface area contributed by atoms with E-state index in [-0.39, 0.29) is 0 Å². The molecule has 16 heavy (non-hydrogen) atoms. The van der Waals surface area contributed by atoms with Gasteiger partial charge in [0.15, 0.2) is 5.96 Å². The van der Waals surface area contributed by atoms with Crippen molar-refractivity contribution in [2.24, 2.45) is 16.6 Å². The van der Waals surface area contributed by atoms with Gasteiger partial charge in [-0.1, -0.05) is 25.4 Å². The molecular formula is C11H15BrClN3. The van der Waals surface area contributed by atoms with Gasteiger partial charge in [0.2, 0.25) is 0 Å². The van der Waals surface area contributed by atoms with Crippen molar-refractivity contribution in [1.82, 2.24) is 0 Å². The van der Waals surface area contributed by atoms with E-state index in [9.17, 15) is 0 Å². The zero-order valence-corrected chi connectivity index (χ0v) is 11.6. The van der Waals surface area contributed by atoms with E-state index >= 15 is 0 Å². The van der Waals surface area contributed by atoms with E-state index in [0.29, 0.717) is 23.4 Å². The third kappa shape index (κ3) is 4.41. The highest BCUT2D eigenvalue weighted by atomic mass is 79.9. The number of hydrogen-bond donors (Lipinski definition) is 2. The summed E-state index contributed by atoms with van der Waals surface area (Å²) in [5.74, 6) is 0.908. The Kier molecular flexibility index (Phi) is 5.09. The summed E-state index contributed by atoms with van der Waals surface area (Å²) < 4.78 is 0.864. The lowest BCUT2D eigenvalue weighted by atomic mass is 10.2. The Hall–Kier alpha value is -0.740. The second kappa shape index (κ2) is 6.11. The Morgan fingerprint density at radius 3 is 2.81 bits per heavy atom. The predicted molar refractivity (Wildman–Crippen MR) is 74.1 cm³/mol. The van der Waals surface area contributed by atoms with Gasteiger partial charge < -0.3 is 11.1 Å². The number of anilines is 1. The number of rotatable bonds is 3. The number of hydrogen-bond acceptors (Lipinski definition) is 1. The lowest BCUT2D eigenvalue weighted by Gasteiger charge is -2.08. The van der Waals surface area contributed by atoms with E-state index < -0.39 is 0 Å². The predicted octanol–water partition coefficient (Wildman–Crippen LogP) is 3.49. The monoisotopic (exact) mass is 303 g/mol. The van der Waals surface area contributed by atoms with Crippen LogP contribution in [0.5, 0.6) is 0 Å². The minimum absolute atomic E-state index is 0.414. The number of benzene rings is 1. The van der Waals surface area contributed by atoms with E-state index in [0.717, 1.165) is 10.2 Å². The Labute approximate surface area is 109 Å². The van der Waals surface area contributed by atoms with Gasteiger partial charge in [0.1, 0.15) is 0 Å². The van der Waals surface area contributed by atoms with Gasteiger partial charge in [0.05, 0.1) is 5.69 Å². The maximum Gasteiger partial charge on any atom is 0.193 e. The fraction of sp³-hybridized carbons (Fsp3) is 0.364. The van der Waals surface area contributed by atoms with E-state index in [1.54, 1.807) is 12.1 Å². The second-order valence-electron chi connectivity index (χ2n) is 3.87. The molecule has 0 saturated carbocycles. The molecule has 1 aromatic carbocycles. The molecule has 5 heteroatoms. The van der Waals surface area contributed by atoms with Crippen LogP contribution >= 0.6 is 27.5 Å². The molecule has 0 saturated heterocycles. The van der Waals surface area contributed by atoms with Gasteiger partial charge in [0, 0.05) is 16.0 Å². The van der Waals surface area contributed by atoms with Crippen LogP contribution in [0.25, 0.3) is 0 Å². The Bertz CT molecular complexity index is 391. The molecule has 3 N–H and O–H groups in total. The summed E-state index contributed by atoms with van der Waals surface area (Å²) in [5, 5.41) is 3.69. The molecule has 0 radical (unpaired) electrons. The summed E-state index contributed by atoms with van der Waals surface area (Å²) in [5.41, 5.74) is 6.60. The molecule has 1 aromatic rings. The van der Waals surface area contributed by atoms with Crippen molar-refractivity contribution in [3.8, 4) is 0 Å². The smallest absolute Gasteiger partial charge is 0.193 e. The van der Waals surface area contributed by atoms with Crippen LogP contribution in [-0.4, -0.2) is 12.5 Å². The van der Waals surface area contributed by atoms with E-state index in [1.807, 2.05) is 6.07 Å². The number of guanidine groups is 1. The third-order valence-corrected chi connectivity index (χ3v) is 2.71. The van der Waals surface area contributed by atoms with Crippen LogP contribution in [0.1, 0.15) is 13.8 Å². The molecule has 88 valence electrons. The first-order valence-corrected chi connectivity index (χ1v) is 6.18. The van der Waals surface area contributed by atoms with Gasteiger partial charge in [-0.2, -0.15) is 0 Å². The van der Waals surface area contributed by atoms with E-state index in [1.165, 1.54) is 0 Å². The lowest BCUT2D eigenvalue weighted by molar-refractivity contribution is 0.665. The van der Waals surface area contributed by atoms with Crippen molar-refractivity contribution in [3.63, 3.8) is 0 Å². The summed E-state index contributed by atoms with van der Waals surface area (Å²) in [6.45, 7) is 4.90. The summed E-state index contributed by atoms with van der Waals surface area (Å²) in [6, 6.07) is 5.45. The van der Waals surface area contributed by atoms with Crippen molar-refractivity contribution in [2.45, 2.75) is 13.8 Å². The van der Waals surface area contributed by atoms with E-state index in [2.05, 4.69) is 40.1 Å². The average molecular weight is 305 g/mol. The Morgan fingerprint density at radius 2 is 2.25 bits per heavy atom. The maximum atomic E-state index is 5.84. The van der Waals surface area contributed by atoms with Gasteiger partial charge >= 0.3 is 0 Å². The zero-order chi connectivity index (χ0) is 12.1. The van der Waals surface area contributed by atoms with E-state index in [4.69, 9.17) is 17.3 Å². The highest BCUT2D eigenvalue weighted by Gasteiger charge is 2.01. The molecule has 0 aliphatic heterocycles. The summed E-state index contributed by atoms with van der Waals surface area (Å²) >= 11 is 9.24. The van der Waals surface area contributed by atoms with Crippen LogP contribution in [0.15, 0.2) is 27.7 Å². The minimum Gasteiger partial charge on any atom is -0.370 e. The molecule has 0 fully saturated rings. The summed E-state index contributed by atoms with van der Waals surface area (Å²) in [7, 11) is 0. The molecule has 0 aromatic heterocycles. The van der Waals surface area contributed by atoms with Gasteiger partial charge in [-0.25, -0.2) is 0 Å². The van der Waals surface area contributed by atoms with Crippen LogP contribution in [-0.2, 0) is 0 Å². The number of nitrogens with one attached hydrogen (secondary N) is 1. The molecule has 0 spiro atoms. The molecular weight excluding hydrogens is 289 g/mol. The van der Waals surface area contributed by atoms with Crippen molar-refractivity contribution in [1.29, 1.82) is 0 Å². The second-order valence-corrected chi connectivity index (χ2v) is 5.16. The van der Waals surface area contributed by atoms with Crippen molar-refractivity contribution in [3.05, 3.63) is 27.7 Å². The molecule has 0 atom stereocenters. The maximum absolute atomic E-state index is 5.84. The minimum atomic E-state index is 0.414. The molecule has 0 bridgehead atoms. The lowest BCUT2D eigenvalue weighted by Crippen LogP contribution is -2.23. The first kappa shape index (κ1) is 13.3. The first-order chi connectivity index (χ1) is 7.49. The average Bonchev–Trinajstić information content (AvgIpc) is 2.19. The molecule has 0 unspecified atom stereocenters.